The number of amides is 1. The van der Waals surface area contributed by atoms with Crippen molar-refractivity contribution in [2.24, 2.45) is 11.7 Å². The molecular weight excluding hydrogens is 317 g/mol. The number of carbonyl (C=O) groups is 1. The molecular formula is C13H27Cl2N3O3. The van der Waals surface area contributed by atoms with Crippen molar-refractivity contribution in [1.82, 2.24) is 9.80 Å². The first-order valence-corrected chi connectivity index (χ1v) is 7.04. The van der Waals surface area contributed by atoms with Crippen LogP contribution < -0.4 is 5.73 Å². The molecule has 1 amide bonds. The highest BCUT2D eigenvalue weighted by atomic mass is 35.5. The summed E-state index contributed by atoms with van der Waals surface area (Å²) in [7, 11) is 1.56. The summed E-state index contributed by atoms with van der Waals surface area (Å²) in [5.74, 6) is 0.670. The van der Waals surface area contributed by atoms with Crippen molar-refractivity contribution < 1.29 is 14.3 Å². The molecule has 126 valence electrons. The summed E-state index contributed by atoms with van der Waals surface area (Å²) in [5.41, 5.74) is 5.78. The second-order valence-corrected chi connectivity index (χ2v) is 5.42. The molecule has 0 aromatic heterocycles. The highest BCUT2D eigenvalue weighted by Gasteiger charge is 2.27. The van der Waals surface area contributed by atoms with E-state index in [4.69, 9.17) is 15.2 Å². The van der Waals surface area contributed by atoms with Gasteiger partial charge in [-0.25, -0.2) is 0 Å². The molecule has 0 aromatic carbocycles. The third-order valence-electron chi connectivity index (χ3n) is 3.89. The largest absolute Gasteiger partial charge is 0.383 e. The molecule has 0 spiro atoms. The van der Waals surface area contributed by atoms with Crippen molar-refractivity contribution in [2.75, 3.05) is 59.7 Å². The molecule has 2 atom stereocenters. The Kier molecular flexibility index (Phi) is 10.5. The highest BCUT2D eigenvalue weighted by molar-refractivity contribution is 5.85. The first kappa shape index (κ1) is 20.9. The van der Waals surface area contributed by atoms with Crippen molar-refractivity contribution in [3.05, 3.63) is 0 Å². The lowest BCUT2D eigenvalue weighted by Gasteiger charge is -2.36. The van der Waals surface area contributed by atoms with Crippen LogP contribution in [0.2, 0.25) is 0 Å². The summed E-state index contributed by atoms with van der Waals surface area (Å²) in [5, 5.41) is 0. The van der Waals surface area contributed by atoms with Gasteiger partial charge in [0.1, 0.15) is 6.04 Å². The third-order valence-corrected chi connectivity index (χ3v) is 3.89. The zero-order chi connectivity index (χ0) is 13.7. The van der Waals surface area contributed by atoms with E-state index < -0.39 is 6.04 Å². The first-order valence-electron chi connectivity index (χ1n) is 7.04. The molecule has 0 bridgehead atoms. The molecule has 8 heteroatoms. The Hall–Kier alpha value is -0.110. The van der Waals surface area contributed by atoms with E-state index in [0.717, 1.165) is 52.4 Å². The van der Waals surface area contributed by atoms with Gasteiger partial charge in [-0.1, -0.05) is 0 Å². The summed E-state index contributed by atoms with van der Waals surface area (Å²) < 4.78 is 10.3. The number of halogens is 2. The summed E-state index contributed by atoms with van der Waals surface area (Å²) in [6.07, 6.45) is 1.16. The van der Waals surface area contributed by atoms with Gasteiger partial charge in [-0.05, 0) is 12.3 Å². The number of carbonyl (C=O) groups excluding carboxylic acids is 1. The van der Waals surface area contributed by atoms with Gasteiger partial charge in [0.25, 0.3) is 0 Å². The fourth-order valence-corrected chi connectivity index (χ4v) is 2.73. The molecule has 2 N–H and O–H groups in total. The van der Waals surface area contributed by atoms with E-state index in [1.54, 1.807) is 7.11 Å². The lowest BCUT2D eigenvalue weighted by Crippen LogP contribution is -2.54. The van der Waals surface area contributed by atoms with Gasteiger partial charge < -0.3 is 20.1 Å². The maximum Gasteiger partial charge on any atom is 0.241 e. The van der Waals surface area contributed by atoms with E-state index in [-0.39, 0.29) is 30.7 Å². The van der Waals surface area contributed by atoms with Crippen LogP contribution in [0, 0.1) is 5.92 Å². The Morgan fingerprint density at radius 2 is 2.00 bits per heavy atom. The van der Waals surface area contributed by atoms with Crippen molar-refractivity contribution in [3.8, 4) is 0 Å². The smallest absolute Gasteiger partial charge is 0.241 e. The predicted molar refractivity (Wildman–Crippen MR) is 86.3 cm³/mol. The van der Waals surface area contributed by atoms with Gasteiger partial charge in [-0.2, -0.15) is 0 Å². The van der Waals surface area contributed by atoms with Gasteiger partial charge in [0.05, 0.1) is 13.2 Å². The number of piperazine rings is 1. The van der Waals surface area contributed by atoms with E-state index in [1.165, 1.54) is 0 Å². The van der Waals surface area contributed by atoms with Crippen molar-refractivity contribution in [1.29, 1.82) is 0 Å². The first-order chi connectivity index (χ1) is 9.20. The fraction of sp³-hybridized carbons (Fsp3) is 0.923. The summed E-state index contributed by atoms with van der Waals surface area (Å²) in [6, 6.07) is -0.528. The standard InChI is InChI=1S/C13H25N3O3.2ClH/c1-18-10-12(14)13(17)16-5-3-15(4-6-16)8-11-2-7-19-9-11;;/h11-12H,2-10,14H2,1H3;2*1H. The topological polar surface area (TPSA) is 68.0 Å². The highest BCUT2D eigenvalue weighted by Crippen LogP contribution is 2.15. The lowest BCUT2D eigenvalue weighted by atomic mass is 10.1. The Morgan fingerprint density at radius 1 is 1.33 bits per heavy atom. The number of hydrogen-bond donors (Lipinski definition) is 1. The van der Waals surface area contributed by atoms with Crippen LogP contribution >= 0.6 is 24.8 Å². The molecule has 2 fully saturated rings. The Morgan fingerprint density at radius 3 is 2.52 bits per heavy atom. The number of ether oxygens (including phenoxy) is 2. The van der Waals surface area contributed by atoms with Crippen LogP contribution in [0.25, 0.3) is 0 Å². The second-order valence-electron chi connectivity index (χ2n) is 5.42. The maximum absolute atomic E-state index is 12.0. The van der Waals surface area contributed by atoms with Crippen LogP contribution in [-0.4, -0.2) is 81.4 Å². The van der Waals surface area contributed by atoms with Crippen molar-refractivity contribution in [3.63, 3.8) is 0 Å². The maximum atomic E-state index is 12.0. The quantitative estimate of drug-likeness (QED) is 0.760. The Bertz CT molecular complexity index is 296. The molecule has 2 heterocycles. The van der Waals surface area contributed by atoms with Gasteiger partial charge in [0, 0.05) is 46.4 Å². The predicted octanol–water partition coefficient (Wildman–Crippen LogP) is -0.0156. The lowest BCUT2D eigenvalue weighted by molar-refractivity contribution is -0.135. The van der Waals surface area contributed by atoms with E-state index >= 15 is 0 Å². The van der Waals surface area contributed by atoms with Crippen LogP contribution in [0.1, 0.15) is 6.42 Å². The molecule has 0 saturated carbocycles. The minimum Gasteiger partial charge on any atom is -0.383 e. The van der Waals surface area contributed by atoms with Crippen molar-refractivity contribution >= 4 is 30.7 Å². The van der Waals surface area contributed by atoms with Crippen LogP contribution in [-0.2, 0) is 14.3 Å². The second kappa shape index (κ2) is 10.6. The van der Waals surface area contributed by atoms with Crippen LogP contribution in [0.4, 0.5) is 0 Å². The molecule has 2 saturated heterocycles. The summed E-state index contributed by atoms with van der Waals surface area (Å²) in [4.78, 5) is 16.3. The number of methoxy groups -OCH3 is 1. The minimum atomic E-state index is -0.528. The van der Waals surface area contributed by atoms with Gasteiger partial charge in [-0.15, -0.1) is 24.8 Å². The molecule has 2 rings (SSSR count). The van der Waals surface area contributed by atoms with E-state index in [1.807, 2.05) is 4.90 Å². The molecule has 6 nitrogen and oxygen atoms in total. The zero-order valence-corrected chi connectivity index (χ0v) is 14.2. The Balaban J connectivity index is 0.00000200. The molecule has 0 radical (unpaired) electrons. The number of nitrogens with two attached hydrogens (primary N) is 1. The average Bonchev–Trinajstić information content (AvgIpc) is 2.92. The molecule has 2 aliphatic rings. The van der Waals surface area contributed by atoms with Crippen LogP contribution in [0.3, 0.4) is 0 Å². The van der Waals surface area contributed by atoms with Gasteiger partial charge >= 0.3 is 0 Å². The molecule has 2 aliphatic heterocycles. The average molecular weight is 344 g/mol. The van der Waals surface area contributed by atoms with Gasteiger partial charge in [0.2, 0.25) is 5.91 Å². The summed E-state index contributed by atoms with van der Waals surface area (Å²) in [6.45, 7) is 6.56. The zero-order valence-electron chi connectivity index (χ0n) is 12.5. The van der Waals surface area contributed by atoms with E-state index in [2.05, 4.69) is 4.90 Å². The van der Waals surface area contributed by atoms with Crippen LogP contribution in [0.15, 0.2) is 0 Å². The fourth-order valence-electron chi connectivity index (χ4n) is 2.73. The third kappa shape index (κ3) is 6.26. The summed E-state index contributed by atoms with van der Waals surface area (Å²) >= 11 is 0. The Labute approximate surface area is 139 Å². The molecule has 21 heavy (non-hydrogen) atoms. The SMILES string of the molecule is COCC(N)C(=O)N1CCN(CC2CCOC2)CC1.Cl.Cl. The molecule has 2 unspecified atom stereocenters. The van der Waals surface area contributed by atoms with E-state index in [0.29, 0.717) is 12.5 Å². The number of hydrogen-bond acceptors (Lipinski definition) is 5. The monoisotopic (exact) mass is 343 g/mol. The van der Waals surface area contributed by atoms with E-state index in [9.17, 15) is 4.79 Å². The van der Waals surface area contributed by atoms with Gasteiger partial charge in [-0.3, -0.25) is 9.69 Å². The number of rotatable bonds is 5. The molecule has 0 aliphatic carbocycles. The van der Waals surface area contributed by atoms with Crippen LogP contribution in [0.5, 0.6) is 0 Å². The van der Waals surface area contributed by atoms with Gasteiger partial charge in [0.15, 0.2) is 0 Å². The van der Waals surface area contributed by atoms with Crippen molar-refractivity contribution in [2.45, 2.75) is 12.5 Å². The minimum absolute atomic E-state index is 0. The normalized spacial score (nSPS) is 24.1. The molecule has 0 aromatic rings. The number of nitrogens with zero attached hydrogens (tertiary/aromatic N) is 2.